The van der Waals surface area contributed by atoms with Gasteiger partial charge in [0.05, 0.1) is 18.6 Å². The predicted octanol–water partition coefficient (Wildman–Crippen LogP) is 2.23. The molecular weight excluding hydrogens is 338 g/mol. The van der Waals surface area contributed by atoms with E-state index in [4.69, 9.17) is 4.42 Å². The van der Waals surface area contributed by atoms with Crippen LogP contribution >= 0.6 is 11.8 Å². The van der Waals surface area contributed by atoms with Crippen LogP contribution in [0.15, 0.2) is 28.0 Å². The molecule has 0 radical (unpaired) electrons. The third-order valence-corrected chi connectivity index (χ3v) is 5.72. The van der Waals surface area contributed by atoms with Crippen molar-refractivity contribution < 1.29 is 9.21 Å². The van der Waals surface area contributed by atoms with Gasteiger partial charge in [0.25, 0.3) is 0 Å². The molecule has 4 heterocycles. The number of aromatic nitrogens is 3. The van der Waals surface area contributed by atoms with Crippen LogP contribution in [0.3, 0.4) is 0 Å². The molecule has 2 aromatic rings. The number of hydrogen-bond acceptors (Lipinski definition) is 6. The van der Waals surface area contributed by atoms with E-state index in [1.54, 1.807) is 6.26 Å². The number of hydrogen-bond donors (Lipinski definition) is 0. The molecule has 2 aliphatic heterocycles. The number of piperidine rings is 1. The molecule has 2 aromatic heterocycles. The van der Waals surface area contributed by atoms with Crippen molar-refractivity contribution in [1.29, 1.82) is 0 Å². The first-order chi connectivity index (χ1) is 12.3. The first-order valence-corrected chi connectivity index (χ1v) is 9.91. The van der Waals surface area contributed by atoms with E-state index in [1.807, 2.05) is 17.0 Å². The second-order valence-corrected chi connectivity index (χ2v) is 7.46. The molecule has 1 amide bonds. The SMILES string of the molecule is O=C(CSc1nnc(N2CCCCC2)n1Cc1ccco1)N1CCC1. The Morgan fingerprint density at radius 3 is 2.64 bits per heavy atom. The Morgan fingerprint density at radius 2 is 1.96 bits per heavy atom. The van der Waals surface area contributed by atoms with Gasteiger partial charge in [0.2, 0.25) is 11.9 Å². The highest BCUT2D eigenvalue weighted by atomic mass is 32.2. The van der Waals surface area contributed by atoms with Gasteiger partial charge in [-0.05, 0) is 37.8 Å². The van der Waals surface area contributed by atoms with E-state index >= 15 is 0 Å². The highest BCUT2D eigenvalue weighted by Crippen LogP contribution is 2.26. The van der Waals surface area contributed by atoms with Crippen LogP contribution in [0.5, 0.6) is 0 Å². The molecule has 2 fully saturated rings. The van der Waals surface area contributed by atoms with Gasteiger partial charge in [-0.3, -0.25) is 9.36 Å². The van der Waals surface area contributed by atoms with Crippen molar-refractivity contribution in [2.24, 2.45) is 0 Å². The third kappa shape index (κ3) is 3.68. The quantitative estimate of drug-likeness (QED) is 0.735. The van der Waals surface area contributed by atoms with Gasteiger partial charge in [-0.15, -0.1) is 10.2 Å². The van der Waals surface area contributed by atoms with Crippen molar-refractivity contribution in [3.8, 4) is 0 Å². The molecule has 8 heteroatoms. The summed E-state index contributed by atoms with van der Waals surface area (Å²) in [5, 5.41) is 9.58. The molecule has 134 valence electrons. The summed E-state index contributed by atoms with van der Waals surface area (Å²) in [7, 11) is 0. The molecule has 4 rings (SSSR count). The summed E-state index contributed by atoms with van der Waals surface area (Å²) in [5.74, 6) is 2.35. The molecule has 0 spiro atoms. The number of nitrogens with zero attached hydrogens (tertiary/aromatic N) is 5. The van der Waals surface area contributed by atoms with Crippen LogP contribution in [-0.2, 0) is 11.3 Å². The smallest absolute Gasteiger partial charge is 0.233 e. The van der Waals surface area contributed by atoms with E-state index in [2.05, 4.69) is 19.7 Å². The number of furan rings is 1. The van der Waals surface area contributed by atoms with E-state index in [0.29, 0.717) is 12.3 Å². The standard InChI is InChI=1S/C17H23N5O2S/c23-15(20-9-5-10-20)13-25-17-19-18-16(21-7-2-1-3-8-21)22(17)12-14-6-4-11-24-14/h4,6,11H,1-3,5,7-10,12-13H2. The zero-order valence-electron chi connectivity index (χ0n) is 14.3. The predicted molar refractivity (Wildman–Crippen MR) is 95.8 cm³/mol. The molecule has 2 saturated heterocycles. The lowest BCUT2D eigenvalue weighted by Crippen LogP contribution is -2.43. The summed E-state index contributed by atoms with van der Waals surface area (Å²) < 4.78 is 7.60. The Morgan fingerprint density at radius 1 is 1.12 bits per heavy atom. The summed E-state index contributed by atoms with van der Waals surface area (Å²) in [6.45, 7) is 4.38. The zero-order valence-corrected chi connectivity index (χ0v) is 15.1. The maximum Gasteiger partial charge on any atom is 0.233 e. The lowest BCUT2D eigenvalue weighted by atomic mass is 10.1. The van der Waals surface area contributed by atoms with Crippen LogP contribution in [0.25, 0.3) is 0 Å². The second kappa shape index (κ2) is 7.51. The number of rotatable bonds is 6. The van der Waals surface area contributed by atoms with Crippen molar-refractivity contribution in [3.05, 3.63) is 24.2 Å². The van der Waals surface area contributed by atoms with Gasteiger partial charge < -0.3 is 14.2 Å². The monoisotopic (exact) mass is 361 g/mol. The van der Waals surface area contributed by atoms with Gasteiger partial charge in [-0.25, -0.2) is 0 Å². The van der Waals surface area contributed by atoms with Crippen LogP contribution < -0.4 is 4.90 Å². The van der Waals surface area contributed by atoms with Crippen molar-refractivity contribution in [1.82, 2.24) is 19.7 Å². The van der Waals surface area contributed by atoms with E-state index < -0.39 is 0 Å². The lowest BCUT2D eigenvalue weighted by Gasteiger charge is -2.30. The number of carbonyl (C=O) groups excluding carboxylic acids is 1. The largest absolute Gasteiger partial charge is 0.467 e. The van der Waals surface area contributed by atoms with E-state index in [-0.39, 0.29) is 5.91 Å². The van der Waals surface area contributed by atoms with E-state index in [9.17, 15) is 4.79 Å². The Balaban J connectivity index is 1.52. The van der Waals surface area contributed by atoms with Gasteiger partial charge in [0.1, 0.15) is 5.76 Å². The Bertz CT molecular complexity index is 705. The first kappa shape index (κ1) is 16.5. The molecule has 0 saturated carbocycles. The van der Waals surface area contributed by atoms with Crippen LogP contribution in [0.4, 0.5) is 5.95 Å². The molecule has 0 N–H and O–H groups in total. The molecule has 25 heavy (non-hydrogen) atoms. The molecule has 0 atom stereocenters. The van der Waals surface area contributed by atoms with Gasteiger partial charge in [-0.2, -0.15) is 0 Å². The number of carbonyl (C=O) groups is 1. The van der Waals surface area contributed by atoms with E-state index in [0.717, 1.165) is 49.5 Å². The zero-order chi connectivity index (χ0) is 17.1. The minimum atomic E-state index is 0.184. The fourth-order valence-electron chi connectivity index (χ4n) is 3.20. The van der Waals surface area contributed by atoms with Gasteiger partial charge >= 0.3 is 0 Å². The average Bonchev–Trinajstić information content (AvgIpc) is 3.23. The Labute approximate surface area is 151 Å². The average molecular weight is 361 g/mol. The fourth-order valence-corrected chi connectivity index (χ4v) is 4.03. The highest BCUT2D eigenvalue weighted by Gasteiger charge is 2.24. The summed E-state index contributed by atoms with van der Waals surface area (Å²) >= 11 is 1.47. The normalized spacial score (nSPS) is 17.6. The van der Waals surface area contributed by atoms with Crippen molar-refractivity contribution in [3.63, 3.8) is 0 Å². The van der Waals surface area contributed by atoms with Crippen LogP contribution in [0.2, 0.25) is 0 Å². The first-order valence-electron chi connectivity index (χ1n) is 8.92. The van der Waals surface area contributed by atoms with Crippen molar-refractivity contribution in [2.45, 2.75) is 37.4 Å². The molecule has 0 unspecified atom stereocenters. The molecule has 0 aromatic carbocycles. The lowest BCUT2D eigenvalue weighted by molar-refractivity contribution is -0.131. The van der Waals surface area contributed by atoms with Crippen LogP contribution in [0, 0.1) is 0 Å². The van der Waals surface area contributed by atoms with Crippen molar-refractivity contribution >= 4 is 23.6 Å². The summed E-state index contributed by atoms with van der Waals surface area (Å²) in [6, 6.07) is 3.85. The molecule has 0 bridgehead atoms. The molecule has 2 aliphatic rings. The number of thioether (sulfide) groups is 1. The van der Waals surface area contributed by atoms with Crippen LogP contribution in [0.1, 0.15) is 31.4 Å². The van der Waals surface area contributed by atoms with Gasteiger partial charge in [-0.1, -0.05) is 11.8 Å². The van der Waals surface area contributed by atoms with Crippen LogP contribution in [-0.4, -0.2) is 57.5 Å². The third-order valence-electron chi connectivity index (χ3n) is 4.76. The van der Waals surface area contributed by atoms with Crippen molar-refractivity contribution in [2.75, 3.05) is 36.8 Å². The highest BCUT2D eigenvalue weighted by molar-refractivity contribution is 7.99. The topological polar surface area (TPSA) is 67.4 Å². The van der Waals surface area contributed by atoms with Gasteiger partial charge in [0, 0.05) is 26.2 Å². The molecule has 7 nitrogen and oxygen atoms in total. The maximum absolute atomic E-state index is 12.2. The fraction of sp³-hybridized carbons (Fsp3) is 0.588. The Kier molecular flexibility index (Phi) is 4.96. The number of anilines is 1. The maximum atomic E-state index is 12.2. The number of amides is 1. The van der Waals surface area contributed by atoms with E-state index in [1.165, 1.54) is 31.0 Å². The summed E-state index contributed by atoms with van der Waals surface area (Å²) in [4.78, 5) is 16.3. The minimum Gasteiger partial charge on any atom is -0.467 e. The minimum absolute atomic E-state index is 0.184. The molecule has 0 aliphatic carbocycles. The number of likely N-dealkylation sites (tertiary alicyclic amines) is 1. The van der Waals surface area contributed by atoms with Gasteiger partial charge in [0.15, 0.2) is 5.16 Å². The molecular formula is C17H23N5O2S. The second-order valence-electron chi connectivity index (χ2n) is 6.52. The summed E-state index contributed by atoms with van der Waals surface area (Å²) in [5.41, 5.74) is 0. The summed E-state index contributed by atoms with van der Waals surface area (Å²) in [6.07, 6.45) is 6.44. The Hall–Kier alpha value is -1.96.